The van der Waals surface area contributed by atoms with E-state index in [4.69, 9.17) is 10.5 Å². The molecular weight excluding hydrogens is 398 g/mol. The van der Waals surface area contributed by atoms with Crippen LogP contribution in [-0.4, -0.2) is 68.5 Å². The average molecular weight is 424 g/mol. The maximum Gasteiger partial charge on any atom is 0.244 e. The second-order valence-corrected chi connectivity index (χ2v) is 10.1. The molecule has 148 valence electrons. The number of halogens is 1. The van der Waals surface area contributed by atoms with Gasteiger partial charge in [-0.1, -0.05) is 0 Å². The highest BCUT2D eigenvalue weighted by atomic mass is 35.5. The normalized spacial score (nSPS) is 21.3. The molecule has 2 N–H and O–H groups in total. The summed E-state index contributed by atoms with van der Waals surface area (Å²) in [6, 6.07) is 1.73. The zero-order chi connectivity index (χ0) is 18.2. The summed E-state index contributed by atoms with van der Waals surface area (Å²) in [4.78, 5) is 16.6. The van der Waals surface area contributed by atoms with Crippen LogP contribution in [0.4, 0.5) is 0 Å². The highest BCUT2D eigenvalue weighted by Crippen LogP contribution is 2.29. The molecule has 0 saturated carbocycles. The molecule has 1 aromatic rings. The van der Waals surface area contributed by atoms with Crippen molar-refractivity contribution in [1.82, 2.24) is 9.21 Å². The first-order valence-electron chi connectivity index (χ1n) is 8.47. The molecule has 0 bridgehead atoms. The molecule has 0 atom stereocenters. The number of amides is 1. The SMILES string of the molecule is Cc1cc(S(=O)(=O)N2CCN(C(=O)C3(N)CCOCC3)CC2)c(C)s1.Cl. The van der Waals surface area contributed by atoms with E-state index >= 15 is 0 Å². The number of carbonyl (C=O) groups is 1. The summed E-state index contributed by atoms with van der Waals surface area (Å²) < 4.78 is 32.5. The highest BCUT2D eigenvalue weighted by Gasteiger charge is 2.41. The van der Waals surface area contributed by atoms with Crippen molar-refractivity contribution in [2.45, 2.75) is 37.1 Å². The number of nitrogens with zero attached hydrogens (tertiary/aromatic N) is 2. The largest absolute Gasteiger partial charge is 0.381 e. The number of nitrogens with two attached hydrogens (primary N) is 1. The van der Waals surface area contributed by atoms with Gasteiger partial charge < -0.3 is 15.4 Å². The van der Waals surface area contributed by atoms with E-state index in [9.17, 15) is 13.2 Å². The molecule has 3 heterocycles. The minimum Gasteiger partial charge on any atom is -0.381 e. The van der Waals surface area contributed by atoms with Crippen LogP contribution in [0.2, 0.25) is 0 Å². The van der Waals surface area contributed by atoms with Crippen LogP contribution in [0.5, 0.6) is 0 Å². The van der Waals surface area contributed by atoms with Crippen molar-refractivity contribution >= 4 is 39.7 Å². The Kier molecular flexibility index (Phi) is 6.74. The molecule has 2 fully saturated rings. The number of thiophene rings is 1. The topological polar surface area (TPSA) is 92.9 Å². The van der Waals surface area contributed by atoms with E-state index in [0.717, 1.165) is 9.75 Å². The summed E-state index contributed by atoms with van der Waals surface area (Å²) in [7, 11) is -3.51. The van der Waals surface area contributed by atoms with Crippen LogP contribution in [0.3, 0.4) is 0 Å². The molecule has 0 aliphatic carbocycles. The Hall–Kier alpha value is -0.710. The third kappa shape index (κ3) is 4.07. The number of hydrogen-bond donors (Lipinski definition) is 1. The molecule has 0 unspecified atom stereocenters. The molecule has 2 aliphatic rings. The lowest BCUT2D eigenvalue weighted by molar-refractivity contribution is -0.141. The zero-order valence-electron chi connectivity index (χ0n) is 15.1. The maximum atomic E-state index is 12.9. The van der Waals surface area contributed by atoms with Gasteiger partial charge in [-0.25, -0.2) is 8.42 Å². The fourth-order valence-corrected chi connectivity index (χ4v) is 6.34. The third-order valence-electron chi connectivity index (χ3n) is 4.95. The molecule has 0 radical (unpaired) electrons. The van der Waals surface area contributed by atoms with Crippen LogP contribution >= 0.6 is 23.7 Å². The van der Waals surface area contributed by atoms with Crippen LogP contribution in [0.15, 0.2) is 11.0 Å². The summed E-state index contributed by atoms with van der Waals surface area (Å²) in [5, 5.41) is 0. The van der Waals surface area contributed by atoms with Crippen LogP contribution in [0, 0.1) is 13.8 Å². The maximum absolute atomic E-state index is 12.9. The smallest absolute Gasteiger partial charge is 0.244 e. The van der Waals surface area contributed by atoms with E-state index in [2.05, 4.69) is 0 Å². The summed E-state index contributed by atoms with van der Waals surface area (Å²) in [6.45, 7) is 6.07. The fourth-order valence-electron chi connectivity index (χ4n) is 3.40. The second kappa shape index (κ2) is 8.12. The van der Waals surface area contributed by atoms with Gasteiger partial charge in [0.25, 0.3) is 0 Å². The standard InChI is InChI=1S/C16H25N3O4S2.ClH/c1-12-11-14(13(2)24-12)25(21,22)19-7-5-18(6-8-19)15(20)16(17)3-9-23-10-4-16;/h11H,3-10,17H2,1-2H3;1H. The van der Waals surface area contributed by atoms with Crippen molar-refractivity contribution in [2.24, 2.45) is 5.73 Å². The predicted molar refractivity (Wildman–Crippen MR) is 103 cm³/mol. The first kappa shape index (κ1) is 21.6. The Morgan fingerprint density at radius 3 is 2.27 bits per heavy atom. The van der Waals surface area contributed by atoms with E-state index in [1.165, 1.54) is 15.6 Å². The number of aryl methyl sites for hydroxylation is 2. The molecule has 0 spiro atoms. The number of ether oxygens (including phenoxy) is 1. The predicted octanol–water partition coefficient (Wildman–Crippen LogP) is 1.13. The van der Waals surface area contributed by atoms with Gasteiger partial charge in [-0.05, 0) is 32.8 Å². The number of carbonyl (C=O) groups excluding carboxylic acids is 1. The average Bonchev–Trinajstić information content (AvgIpc) is 2.94. The van der Waals surface area contributed by atoms with Gasteiger partial charge in [-0.15, -0.1) is 23.7 Å². The molecule has 1 aromatic heterocycles. The van der Waals surface area contributed by atoms with Crippen LogP contribution in [-0.2, 0) is 19.6 Å². The van der Waals surface area contributed by atoms with Gasteiger partial charge >= 0.3 is 0 Å². The van der Waals surface area contributed by atoms with Gasteiger partial charge in [0.15, 0.2) is 0 Å². The molecule has 10 heteroatoms. The molecular formula is C16H26ClN3O4S2. The van der Waals surface area contributed by atoms with Gasteiger partial charge in [-0.3, -0.25) is 4.79 Å². The summed E-state index contributed by atoms with van der Waals surface area (Å²) >= 11 is 1.49. The summed E-state index contributed by atoms with van der Waals surface area (Å²) in [5.74, 6) is -0.0876. The van der Waals surface area contributed by atoms with E-state index in [0.29, 0.717) is 57.1 Å². The Morgan fingerprint density at radius 1 is 1.19 bits per heavy atom. The Bertz CT molecular complexity index is 752. The van der Waals surface area contributed by atoms with Crippen LogP contribution in [0.25, 0.3) is 0 Å². The Morgan fingerprint density at radius 2 is 1.77 bits per heavy atom. The summed E-state index contributed by atoms with van der Waals surface area (Å²) in [5.41, 5.74) is 5.39. The van der Waals surface area contributed by atoms with Gasteiger partial charge in [-0.2, -0.15) is 4.31 Å². The molecule has 0 aromatic carbocycles. The highest BCUT2D eigenvalue weighted by molar-refractivity contribution is 7.89. The first-order chi connectivity index (χ1) is 11.7. The van der Waals surface area contributed by atoms with Crippen molar-refractivity contribution in [2.75, 3.05) is 39.4 Å². The van der Waals surface area contributed by atoms with Crippen LogP contribution < -0.4 is 5.73 Å². The zero-order valence-corrected chi connectivity index (χ0v) is 17.5. The molecule has 2 saturated heterocycles. The van der Waals surface area contributed by atoms with Gasteiger partial charge in [0.2, 0.25) is 15.9 Å². The first-order valence-corrected chi connectivity index (χ1v) is 10.7. The fraction of sp³-hybridized carbons (Fsp3) is 0.688. The quantitative estimate of drug-likeness (QED) is 0.786. The van der Waals surface area contributed by atoms with E-state index in [-0.39, 0.29) is 18.3 Å². The molecule has 1 amide bonds. The second-order valence-electron chi connectivity index (χ2n) is 6.74. The van der Waals surface area contributed by atoms with Crippen molar-refractivity contribution in [1.29, 1.82) is 0 Å². The lowest BCUT2D eigenvalue weighted by Gasteiger charge is -2.40. The van der Waals surface area contributed by atoms with Crippen LogP contribution in [0.1, 0.15) is 22.6 Å². The summed E-state index contributed by atoms with van der Waals surface area (Å²) in [6.07, 6.45) is 1.02. The molecule has 7 nitrogen and oxygen atoms in total. The van der Waals surface area contributed by atoms with Gasteiger partial charge in [0, 0.05) is 49.1 Å². The van der Waals surface area contributed by atoms with Crippen molar-refractivity contribution < 1.29 is 17.9 Å². The number of hydrogen-bond acceptors (Lipinski definition) is 6. The van der Waals surface area contributed by atoms with Crippen molar-refractivity contribution in [3.63, 3.8) is 0 Å². The van der Waals surface area contributed by atoms with Gasteiger partial charge in [0.1, 0.15) is 0 Å². The van der Waals surface area contributed by atoms with E-state index in [1.54, 1.807) is 11.0 Å². The Labute approximate surface area is 164 Å². The number of sulfonamides is 1. The van der Waals surface area contributed by atoms with Crippen molar-refractivity contribution in [3.05, 3.63) is 15.8 Å². The van der Waals surface area contributed by atoms with E-state index in [1.807, 2.05) is 13.8 Å². The lowest BCUT2D eigenvalue weighted by Crippen LogP contribution is -2.61. The number of rotatable bonds is 3. The minimum atomic E-state index is -3.51. The molecule has 3 rings (SSSR count). The van der Waals surface area contributed by atoms with Gasteiger partial charge in [0.05, 0.1) is 10.4 Å². The molecule has 26 heavy (non-hydrogen) atoms. The Balaban J connectivity index is 0.00000243. The number of piperazine rings is 1. The third-order valence-corrected chi connectivity index (χ3v) is 8.07. The van der Waals surface area contributed by atoms with E-state index < -0.39 is 15.6 Å². The monoisotopic (exact) mass is 423 g/mol. The lowest BCUT2D eigenvalue weighted by atomic mass is 9.89. The van der Waals surface area contributed by atoms with Crippen molar-refractivity contribution in [3.8, 4) is 0 Å². The molecule has 2 aliphatic heterocycles. The minimum absolute atomic E-state index is 0.